The predicted octanol–water partition coefficient (Wildman–Crippen LogP) is 1.84. The van der Waals surface area contributed by atoms with Crippen LogP contribution in [0.1, 0.15) is 5.82 Å². The highest BCUT2D eigenvalue weighted by Gasteiger charge is 2.07. The Morgan fingerprint density at radius 1 is 1.40 bits per heavy atom. The van der Waals surface area contributed by atoms with Crippen LogP contribution < -0.4 is 5.32 Å². The van der Waals surface area contributed by atoms with Crippen molar-refractivity contribution in [1.29, 1.82) is 0 Å². The van der Waals surface area contributed by atoms with Gasteiger partial charge in [0.2, 0.25) is 0 Å². The summed E-state index contributed by atoms with van der Waals surface area (Å²) >= 11 is 6.04. The molecule has 1 heterocycles. The zero-order valence-electron chi connectivity index (χ0n) is 8.29. The van der Waals surface area contributed by atoms with Crippen molar-refractivity contribution in [3.63, 3.8) is 0 Å². The van der Waals surface area contributed by atoms with Gasteiger partial charge >= 0.3 is 0 Å². The summed E-state index contributed by atoms with van der Waals surface area (Å²) in [7, 11) is 1.86. The maximum atomic E-state index is 6.04. The van der Waals surface area contributed by atoms with Gasteiger partial charge in [-0.15, -0.1) is 0 Å². The van der Waals surface area contributed by atoms with Crippen molar-refractivity contribution in [1.82, 2.24) is 20.5 Å². The van der Waals surface area contributed by atoms with E-state index in [4.69, 9.17) is 11.6 Å². The third kappa shape index (κ3) is 2.16. The molecule has 0 spiro atoms. The van der Waals surface area contributed by atoms with Crippen molar-refractivity contribution in [2.75, 3.05) is 7.05 Å². The Bertz CT molecular complexity index is 452. The SMILES string of the molecule is CNCc1nc(-c2ccccc2Cl)n[nH]1. The van der Waals surface area contributed by atoms with Crippen molar-refractivity contribution < 1.29 is 0 Å². The van der Waals surface area contributed by atoms with E-state index in [0.29, 0.717) is 17.4 Å². The average Bonchev–Trinajstić information content (AvgIpc) is 2.68. The standard InChI is InChI=1S/C10H11ClN4/c1-12-6-9-13-10(15-14-9)7-4-2-3-5-8(7)11/h2-5,12H,6H2,1H3,(H,13,14,15). The number of aromatic amines is 1. The van der Waals surface area contributed by atoms with Gasteiger partial charge in [-0.3, -0.25) is 5.10 Å². The molecule has 0 amide bonds. The maximum Gasteiger partial charge on any atom is 0.182 e. The normalized spacial score (nSPS) is 10.5. The molecule has 1 aromatic heterocycles. The Kier molecular flexibility index (Phi) is 2.99. The lowest BCUT2D eigenvalue weighted by Crippen LogP contribution is -2.06. The van der Waals surface area contributed by atoms with Crippen LogP contribution in [0, 0.1) is 0 Å². The summed E-state index contributed by atoms with van der Waals surface area (Å²) in [6, 6.07) is 7.52. The van der Waals surface area contributed by atoms with E-state index >= 15 is 0 Å². The fourth-order valence-electron chi connectivity index (χ4n) is 1.30. The monoisotopic (exact) mass is 222 g/mol. The number of aromatic nitrogens is 3. The summed E-state index contributed by atoms with van der Waals surface area (Å²) < 4.78 is 0. The van der Waals surface area contributed by atoms with Gasteiger partial charge in [-0.05, 0) is 19.2 Å². The van der Waals surface area contributed by atoms with Gasteiger partial charge in [0.1, 0.15) is 5.82 Å². The van der Waals surface area contributed by atoms with E-state index in [1.807, 2.05) is 31.3 Å². The molecule has 78 valence electrons. The number of hydrogen-bond donors (Lipinski definition) is 2. The molecule has 1 aromatic carbocycles. The third-order valence-electron chi connectivity index (χ3n) is 1.99. The zero-order valence-corrected chi connectivity index (χ0v) is 9.04. The van der Waals surface area contributed by atoms with Crippen LogP contribution in [0.4, 0.5) is 0 Å². The molecule has 2 rings (SSSR count). The predicted molar refractivity (Wildman–Crippen MR) is 59.6 cm³/mol. The highest BCUT2D eigenvalue weighted by atomic mass is 35.5. The van der Waals surface area contributed by atoms with Crippen molar-refractivity contribution in [2.24, 2.45) is 0 Å². The average molecular weight is 223 g/mol. The van der Waals surface area contributed by atoms with Gasteiger partial charge in [0, 0.05) is 5.56 Å². The van der Waals surface area contributed by atoms with Gasteiger partial charge in [0.15, 0.2) is 5.82 Å². The number of halogens is 1. The largest absolute Gasteiger partial charge is 0.313 e. The first-order valence-electron chi connectivity index (χ1n) is 4.62. The number of benzene rings is 1. The Morgan fingerprint density at radius 3 is 2.93 bits per heavy atom. The molecule has 0 aliphatic heterocycles. The van der Waals surface area contributed by atoms with Crippen molar-refractivity contribution in [3.8, 4) is 11.4 Å². The second-order valence-corrected chi connectivity index (χ2v) is 3.52. The van der Waals surface area contributed by atoms with E-state index in [-0.39, 0.29) is 0 Å². The Morgan fingerprint density at radius 2 is 2.20 bits per heavy atom. The lowest BCUT2D eigenvalue weighted by Gasteiger charge is -1.96. The molecule has 0 unspecified atom stereocenters. The van der Waals surface area contributed by atoms with Crippen LogP contribution in [-0.4, -0.2) is 22.2 Å². The molecule has 0 aliphatic carbocycles. The highest BCUT2D eigenvalue weighted by molar-refractivity contribution is 6.33. The van der Waals surface area contributed by atoms with Crippen LogP contribution in [0.25, 0.3) is 11.4 Å². The summed E-state index contributed by atoms with van der Waals surface area (Å²) in [6.45, 7) is 0.664. The van der Waals surface area contributed by atoms with Gasteiger partial charge in [0.05, 0.1) is 11.6 Å². The molecule has 0 bridgehead atoms. The third-order valence-corrected chi connectivity index (χ3v) is 2.32. The lowest BCUT2D eigenvalue weighted by atomic mass is 10.2. The minimum Gasteiger partial charge on any atom is -0.313 e. The molecule has 0 fully saturated rings. The number of nitrogens with one attached hydrogen (secondary N) is 2. The molecule has 0 aliphatic rings. The molecular formula is C10H11ClN4. The Balaban J connectivity index is 2.33. The summed E-state index contributed by atoms with van der Waals surface area (Å²) in [5.41, 5.74) is 0.845. The zero-order chi connectivity index (χ0) is 10.7. The van der Waals surface area contributed by atoms with E-state index in [2.05, 4.69) is 20.5 Å². The van der Waals surface area contributed by atoms with E-state index in [0.717, 1.165) is 11.4 Å². The molecule has 0 saturated heterocycles. The quantitative estimate of drug-likeness (QED) is 0.834. The molecule has 2 aromatic rings. The number of hydrogen-bond acceptors (Lipinski definition) is 3. The topological polar surface area (TPSA) is 53.6 Å². The fraction of sp³-hybridized carbons (Fsp3) is 0.200. The van der Waals surface area contributed by atoms with Crippen molar-refractivity contribution >= 4 is 11.6 Å². The van der Waals surface area contributed by atoms with Gasteiger partial charge < -0.3 is 5.32 Å². The molecular weight excluding hydrogens is 212 g/mol. The van der Waals surface area contributed by atoms with Gasteiger partial charge in [-0.25, -0.2) is 4.98 Å². The molecule has 15 heavy (non-hydrogen) atoms. The molecule has 0 radical (unpaired) electrons. The van der Waals surface area contributed by atoms with Gasteiger partial charge in [-0.1, -0.05) is 23.7 Å². The smallest absolute Gasteiger partial charge is 0.182 e. The van der Waals surface area contributed by atoms with Crippen LogP contribution in [0.15, 0.2) is 24.3 Å². The molecule has 5 heteroatoms. The molecule has 0 saturated carbocycles. The summed E-state index contributed by atoms with van der Waals surface area (Å²) in [6.07, 6.45) is 0. The lowest BCUT2D eigenvalue weighted by molar-refractivity contribution is 0.763. The van der Waals surface area contributed by atoms with Crippen LogP contribution in [0.5, 0.6) is 0 Å². The van der Waals surface area contributed by atoms with E-state index in [1.165, 1.54) is 0 Å². The summed E-state index contributed by atoms with van der Waals surface area (Å²) in [5, 5.41) is 10.6. The number of rotatable bonds is 3. The van der Waals surface area contributed by atoms with Crippen LogP contribution in [0.2, 0.25) is 5.02 Å². The number of H-pyrrole nitrogens is 1. The van der Waals surface area contributed by atoms with Crippen molar-refractivity contribution in [2.45, 2.75) is 6.54 Å². The molecule has 2 N–H and O–H groups in total. The van der Waals surface area contributed by atoms with E-state index in [9.17, 15) is 0 Å². The molecule has 0 atom stereocenters. The number of nitrogens with zero attached hydrogens (tertiary/aromatic N) is 2. The summed E-state index contributed by atoms with van der Waals surface area (Å²) in [5.74, 6) is 1.43. The second kappa shape index (κ2) is 4.42. The maximum absolute atomic E-state index is 6.04. The first kappa shape index (κ1) is 10.1. The van der Waals surface area contributed by atoms with E-state index < -0.39 is 0 Å². The van der Waals surface area contributed by atoms with Gasteiger partial charge in [0.25, 0.3) is 0 Å². The second-order valence-electron chi connectivity index (χ2n) is 3.12. The van der Waals surface area contributed by atoms with Crippen LogP contribution in [-0.2, 0) is 6.54 Å². The highest BCUT2D eigenvalue weighted by Crippen LogP contribution is 2.23. The first-order chi connectivity index (χ1) is 7.31. The minimum atomic E-state index is 0.630. The first-order valence-corrected chi connectivity index (χ1v) is 5.00. The van der Waals surface area contributed by atoms with Crippen LogP contribution in [0.3, 0.4) is 0 Å². The fourth-order valence-corrected chi connectivity index (χ4v) is 1.53. The van der Waals surface area contributed by atoms with Crippen LogP contribution >= 0.6 is 11.6 Å². The van der Waals surface area contributed by atoms with Gasteiger partial charge in [-0.2, -0.15) is 5.10 Å². The van der Waals surface area contributed by atoms with Crippen molar-refractivity contribution in [3.05, 3.63) is 35.1 Å². The minimum absolute atomic E-state index is 0.630. The summed E-state index contributed by atoms with van der Waals surface area (Å²) in [4.78, 5) is 4.32. The Labute approximate surface area is 92.7 Å². The van der Waals surface area contributed by atoms with E-state index in [1.54, 1.807) is 0 Å². The molecule has 4 nitrogen and oxygen atoms in total. The Hall–Kier alpha value is -1.39.